The Balaban J connectivity index is 2.03. The molecule has 1 N–H and O–H groups in total. The van der Waals surface area contributed by atoms with E-state index in [0.717, 1.165) is 0 Å². The maximum atomic E-state index is 11.6. The van der Waals surface area contributed by atoms with Gasteiger partial charge in [0.1, 0.15) is 10.8 Å². The number of halogens is 1. The number of fused-ring (bicyclic) bond motifs is 1. The van der Waals surface area contributed by atoms with E-state index in [-0.39, 0.29) is 0 Å². The minimum atomic E-state index is -0.517. The number of ether oxygens (including phenoxy) is 1. The summed E-state index contributed by atoms with van der Waals surface area (Å²) < 4.78 is 6.85. The number of aromatic nitrogens is 4. The third kappa shape index (κ3) is 4.23. The first-order valence-corrected chi connectivity index (χ1v) is 8.30. The Morgan fingerprint density at radius 1 is 1.45 bits per heavy atom. The average molecular weight is 344 g/mol. The van der Waals surface area contributed by atoms with Gasteiger partial charge in [-0.25, -0.2) is 19.4 Å². The van der Waals surface area contributed by atoms with Gasteiger partial charge in [-0.15, -0.1) is 0 Å². The number of carbonyl (C=O) groups excluding carboxylic acids is 1. The van der Waals surface area contributed by atoms with Crippen molar-refractivity contribution in [1.82, 2.24) is 25.1 Å². The van der Waals surface area contributed by atoms with Gasteiger partial charge in [0.15, 0.2) is 10.8 Å². The number of rotatable bonds is 4. The Bertz CT molecular complexity index is 683. The molecule has 0 radical (unpaired) electrons. The number of hydrogen-bond donors (Lipinski definition) is 1. The van der Waals surface area contributed by atoms with Crippen LogP contribution in [0.4, 0.5) is 4.79 Å². The zero-order valence-corrected chi connectivity index (χ0v) is 14.5. The smallest absolute Gasteiger partial charge is 0.407 e. The van der Waals surface area contributed by atoms with Gasteiger partial charge < -0.3 is 10.1 Å². The summed E-state index contributed by atoms with van der Waals surface area (Å²) in [5.74, 6) is 0. The molecule has 0 fully saturated rings. The summed E-state index contributed by atoms with van der Waals surface area (Å²) >= 11 is 7.51. The number of amides is 1. The molecule has 2 heterocycles. The number of nitrogens with zero attached hydrogens (tertiary/aromatic N) is 4. The highest BCUT2D eigenvalue weighted by Crippen LogP contribution is 2.22. The van der Waals surface area contributed by atoms with E-state index in [9.17, 15) is 4.79 Å². The minimum Gasteiger partial charge on any atom is -0.444 e. The molecule has 2 aromatic heterocycles. The molecule has 120 valence electrons. The van der Waals surface area contributed by atoms with Crippen LogP contribution in [0.3, 0.4) is 0 Å². The fourth-order valence-corrected chi connectivity index (χ4v) is 2.36. The van der Waals surface area contributed by atoms with Crippen molar-refractivity contribution in [3.8, 4) is 0 Å². The van der Waals surface area contributed by atoms with Crippen molar-refractivity contribution in [2.24, 2.45) is 0 Å². The van der Waals surface area contributed by atoms with Crippen LogP contribution in [-0.4, -0.2) is 44.2 Å². The predicted octanol–water partition coefficient (Wildman–Crippen LogP) is 2.73. The fourth-order valence-electron chi connectivity index (χ4n) is 1.74. The van der Waals surface area contributed by atoms with Gasteiger partial charge in [-0.3, -0.25) is 0 Å². The topological polar surface area (TPSA) is 81.9 Å². The first-order chi connectivity index (χ1) is 10.3. The average Bonchev–Trinajstić information content (AvgIpc) is 2.80. The van der Waals surface area contributed by atoms with E-state index in [4.69, 9.17) is 16.3 Å². The number of alkyl carbamates (subject to hydrolysis) is 1. The van der Waals surface area contributed by atoms with Gasteiger partial charge in [0.2, 0.25) is 0 Å². The fraction of sp³-hybridized carbons (Fsp3) is 0.538. The van der Waals surface area contributed by atoms with E-state index in [1.54, 1.807) is 10.9 Å². The van der Waals surface area contributed by atoms with Gasteiger partial charge in [0, 0.05) is 6.54 Å². The van der Waals surface area contributed by atoms with Gasteiger partial charge in [-0.2, -0.15) is 5.10 Å². The van der Waals surface area contributed by atoms with Gasteiger partial charge in [-0.1, -0.05) is 23.4 Å². The lowest BCUT2D eigenvalue weighted by atomic mass is 10.2. The molecule has 0 atom stereocenters. The maximum Gasteiger partial charge on any atom is 0.407 e. The molecule has 0 saturated heterocycles. The molecule has 0 aliphatic heterocycles. The number of thioether (sulfide) groups is 1. The summed E-state index contributed by atoms with van der Waals surface area (Å²) in [6.45, 7) is 6.29. The third-order valence-electron chi connectivity index (χ3n) is 2.60. The Labute approximate surface area is 137 Å². The molecule has 1 amide bonds. The van der Waals surface area contributed by atoms with Crippen molar-refractivity contribution >= 4 is 40.5 Å². The molecule has 9 heteroatoms. The van der Waals surface area contributed by atoms with Gasteiger partial charge >= 0.3 is 6.09 Å². The van der Waals surface area contributed by atoms with E-state index in [2.05, 4.69) is 20.4 Å². The van der Waals surface area contributed by atoms with Crippen LogP contribution >= 0.6 is 23.4 Å². The number of carbonyl (C=O) groups is 1. The van der Waals surface area contributed by atoms with Crippen LogP contribution in [0.5, 0.6) is 0 Å². The van der Waals surface area contributed by atoms with Crippen molar-refractivity contribution in [1.29, 1.82) is 0 Å². The highest BCUT2D eigenvalue weighted by molar-refractivity contribution is 7.98. The van der Waals surface area contributed by atoms with Gasteiger partial charge in [0.05, 0.1) is 18.1 Å². The number of nitrogens with one attached hydrogen (secondary N) is 1. The van der Waals surface area contributed by atoms with E-state index < -0.39 is 11.7 Å². The molecule has 22 heavy (non-hydrogen) atoms. The lowest BCUT2D eigenvalue weighted by molar-refractivity contribution is 0.0526. The van der Waals surface area contributed by atoms with E-state index in [1.165, 1.54) is 11.8 Å². The van der Waals surface area contributed by atoms with Crippen molar-refractivity contribution in [2.45, 2.75) is 38.1 Å². The maximum absolute atomic E-state index is 11.6. The third-order valence-corrected chi connectivity index (χ3v) is 3.44. The quantitative estimate of drug-likeness (QED) is 0.522. The molecule has 0 bridgehead atoms. The highest BCUT2D eigenvalue weighted by atomic mass is 35.5. The van der Waals surface area contributed by atoms with Crippen molar-refractivity contribution in [3.05, 3.63) is 11.3 Å². The summed E-state index contributed by atoms with van der Waals surface area (Å²) in [6.07, 6.45) is 3.04. The Kier molecular flexibility index (Phi) is 5.12. The van der Waals surface area contributed by atoms with Crippen molar-refractivity contribution in [2.75, 3.05) is 12.8 Å². The first-order valence-electron chi connectivity index (χ1n) is 6.70. The van der Waals surface area contributed by atoms with Crippen LogP contribution in [0.25, 0.3) is 11.0 Å². The van der Waals surface area contributed by atoms with Crippen LogP contribution < -0.4 is 5.32 Å². The second-order valence-electron chi connectivity index (χ2n) is 5.53. The molecule has 7 nitrogen and oxygen atoms in total. The molecule has 0 aliphatic carbocycles. The molecular weight excluding hydrogens is 326 g/mol. The van der Waals surface area contributed by atoms with Gasteiger partial charge in [0.25, 0.3) is 0 Å². The van der Waals surface area contributed by atoms with E-state index >= 15 is 0 Å². The SMILES string of the molecule is CSc1nc(Cl)c2cnn(CCNC(=O)OC(C)(C)C)c2n1. The van der Waals surface area contributed by atoms with Crippen molar-refractivity contribution < 1.29 is 9.53 Å². The van der Waals surface area contributed by atoms with Crippen LogP contribution in [0.15, 0.2) is 11.4 Å². The molecule has 0 unspecified atom stereocenters. The lowest BCUT2D eigenvalue weighted by Crippen LogP contribution is -2.34. The van der Waals surface area contributed by atoms with Crippen LogP contribution in [0.1, 0.15) is 20.8 Å². The zero-order chi connectivity index (χ0) is 16.3. The predicted molar refractivity (Wildman–Crippen MR) is 86.4 cm³/mol. The molecule has 0 aromatic carbocycles. The Morgan fingerprint density at radius 2 is 2.18 bits per heavy atom. The normalized spacial score (nSPS) is 11.7. The summed E-state index contributed by atoms with van der Waals surface area (Å²) in [5.41, 5.74) is 0.131. The summed E-state index contributed by atoms with van der Waals surface area (Å²) in [7, 11) is 0. The lowest BCUT2D eigenvalue weighted by Gasteiger charge is -2.19. The monoisotopic (exact) mass is 343 g/mol. The molecule has 2 rings (SSSR count). The summed E-state index contributed by atoms with van der Waals surface area (Å²) in [4.78, 5) is 20.1. The Morgan fingerprint density at radius 3 is 2.82 bits per heavy atom. The minimum absolute atomic E-state index is 0.376. The standard InChI is InChI=1S/C13H18ClN5O2S/c1-13(2,3)21-12(20)15-5-6-19-10-8(7-16-19)9(14)17-11(18-10)22-4/h7H,5-6H2,1-4H3,(H,15,20). The second-order valence-corrected chi connectivity index (χ2v) is 6.67. The number of hydrogen-bond acceptors (Lipinski definition) is 6. The largest absolute Gasteiger partial charge is 0.444 e. The summed E-state index contributed by atoms with van der Waals surface area (Å²) in [6, 6.07) is 0. The molecular formula is C13H18ClN5O2S. The molecule has 0 spiro atoms. The Hall–Kier alpha value is -1.54. The second kappa shape index (κ2) is 6.70. The molecule has 0 aliphatic rings. The highest BCUT2D eigenvalue weighted by Gasteiger charge is 2.16. The van der Waals surface area contributed by atoms with Crippen molar-refractivity contribution in [3.63, 3.8) is 0 Å². The van der Waals surface area contributed by atoms with Crippen LogP contribution in [0, 0.1) is 0 Å². The van der Waals surface area contributed by atoms with E-state index in [0.29, 0.717) is 34.4 Å². The molecule has 2 aromatic rings. The first kappa shape index (κ1) is 16.8. The summed E-state index contributed by atoms with van der Waals surface area (Å²) in [5, 5.41) is 8.56. The zero-order valence-electron chi connectivity index (χ0n) is 12.9. The van der Waals surface area contributed by atoms with Crippen LogP contribution in [0.2, 0.25) is 5.15 Å². The van der Waals surface area contributed by atoms with E-state index in [1.807, 2.05) is 27.0 Å². The van der Waals surface area contributed by atoms with Gasteiger partial charge in [-0.05, 0) is 27.0 Å². The molecule has 0 saturated carbocycles. The van der Waals surface area contributed by atoms with Crippen LogP contribution in [-0.2, 0) is 11.3 Å².